The fraction of sp³-hybridized carbons (Fsp3) is 0.233. The topological polar surface area (TPSA) is 44.2 Å². The monoisotopic (exact) mass is 932 g/mol. The van der Waals surface area contributed by atoms with Gasteiger partial charge in [0.25, 0.3) is 0 Å². The molecule has 334 valence electrons. The third-order valence-electron chi connectivity index (χ3n) is 12.5. The summed E-state index contributed by atoms with van der Waals surface area (Å²) in [6, 6.07) is 63.6. The second-order valence-corrected chi connectivity index (χ2v) is 20.9. The summed E-state index contributed by atoms with van der Waals surface area (Å²) in [5.74, 6) is 0. The van der Waals surface area contributed by atoms with Gasteiger partial charge in [-0.05, 0) is 125 Å². The molecule has 3 heterocycles. The third kappa shape index (κ3) is 12.1. The van der Waals surface area contributed by atoms with Gasteiger partial charge < -0.3 is 9.31 Å². The minimum Gasteiger partial charge on any atom is -0.399 e. The van der Waals surface area contributed by atoms with Gasteiger partial charge in [-0.15, -0.1) is 0 Å². The maximum atomic E-state index is 6.05. The standard InChI is InChI=1S/C27H25N.C17H12BrN.C16H25BO2/c1-27(2,3)25-17-15-23(16-18-25)21-9-7-20(8-10-21)22-11-13-24(14-12-22)26-6-4-5-19-28-26;18-16-10-8-14(9-11-16)13-4-6-15(7-5-13)17-3-1-2-12-19-17;1-14(2,3)12-8-10-13(11-9-12)17-18-15(4,5)16(6,7)19-17/h4-19H,1-3H3;1-12H;8-11H,1-7H3. The van der Waals surface area contributed by atoms with Crippen LogP contribution < -0.4 is 5.46 Å². The highest BCUT2D eigenvalue weighted by Crippen LogP contribution is 2.37. The molecule has 8 aromatic rings. The Morgan fingerprint density at radius 2 is 0.667 bits per heavy atom. The Balaban J connectivity index is 0.000000152. The average molecular weight is 934 g/mol. The summed E-state index contributed by atoms with van der Waals surface area (Å²) in [6.45, 7) is 21.7. The average Bonchev–Trinajstić information content (AvgIpc) is 3.55. The molecule has 0 bridgehead atoms. The van der Waals surface area contributed by atoms with Crippen LogP contribution in [0.2, 0.25) is 0 Å². The summed E-state index contributed by atoms with van der Waals surface area (Å²) in [5, 5.41) is 0. The highest BCUT2D eigenvalue weighted by atomic mass is 79.9. The Labute approximate surface area is 402 Å². The normalized spacial score (nSPS) is 14.1. The molecule has 0 spiro atoms. The van der Waals surface area contributed by atoms with Crippen molar-refractivity contribution in [2.45, 2.75) is 91.3 Å². The Hall–Kier alpha value is -5.92. The molecule has 0 atom stereocenters. The van der Waals surface area contributed by atoms with Gasteiger partial charge in [-0.25, -0.2) is 0 Å². The van der Waals surface area contributed by atoms with E-state index < -0.39 is 0 Å². The van der Waals surface area contributed by atoms with Crippen molar-refractivity contribution in [2.75, 3.05) is 0 Å². The zero-order valence-corrected chi connectivity index (χ0v) is 41.7. The van der Waals surface area contributed by atoms with Gasteiger partial charge in [0, 0.05) is 28.0 Å². The molecule has 2 aromatic heterocycles. The minimum absolute atomic E-state index is 0.175. The van der Waals surface area contributed by atoms with Crippen molar-refractivity contribution < 1.29 is 9.31 Å². The van der Waals surface area contributed by atoms with Crippen LogP contribution in [0.25, 0.3) is 55.9 Å². The lowest BCUT2D eigenvalue weighted by Crippen LogP contribution is -2.41. The zero-order chi connectivity index (χ0) is 47.1. The van der Waals surface area contributed by atoms with E-state index in [4.69, 9.17) is 9.31 Å². The highest BCUT2D eigenvalue weighted by molar-refractivity contribution is 9.10. The number of hydrogen-bond acceptors (Lipinski definition) is 4. The van der Waals surface area contributed by atoms with Gasteiger partial charge in [-0.1, -0.05) is 203 Å². The van der Waals surface area contributed by atoms with E-state index in [9.17, 15) is 0 Å². The van der Waals surface area contributed by atoms with E-state index in [1.165, 1.54) is 44.5 Å². The first-order chi connectivity index (χ1) is 31.4. The molecule has 1 fully saturated rings. The maximum Gasteiger partial charge on any atom is 0.494 e. The SMILES string of the molecule is Brc1ccc(-c2ccc(-c3ccccn3)cc2)cc1.CC(C)(C)c1ccc(-c2ccc(-c3ccc(-c4ccccn4)cc3)cc2)cc1.CC(C)(C)c1ccc(B2OC(C)(C)C(C)(C)O2)cc1. The molecular weight excluding hydrogens is 871 g/mol. The highest BCUT2D eigenvalue weighted by Gasteiger charge is 2.51. The first kappa shape index (κ1) is 48.0. The molecule has 1 aliphatic heterocycles. The predicted octanol–water partition coefficient (Wildman–Crippen LogP) is 15.8. The molecule has 1 aliphatic rings. The molecule has 6 aromatic carbocycles. The molecule has 0 radical (unpaired) electrons. The molecule has 6 heteroatoms. The summed E-state index contributed by atoms with van der Waals surface area (Å²) in [4.78, 5) is 8.77. The van der Waals surface area contributed by atoms with Crippen molar-refractivity contribution in [1.29, 1.82) is 0 Å². The van der Waals surface area contributed by atoms with Crippen LogP contribution in [-0.2, 0) is 20.1 Å². The van der Waals surface area contributed by atoms with Gasteiger partial charge in [0.15, 0.2) is 0 Å². The van der Waals surface area contributed by atoms with E-state index in [-0.39, 0.29) is 29.2 Å². The van der Waals surface area contributed by atoms with E-state index in [1.807, 2.05) is 48.8 Å². The van der Waals surface area contributed by atoms with Crippen molar-refractivity contribution in [1.82, 2.24) is 9.97 Å². The Kier molecular flexibility index (Phi) is 14.8. The van der Waals surface area contributed by atoms with Crippen molar-refractivity contribution in [3.8, 4) is 55.9 Å². The molecule has 0 saturated carbocycles. The fourth-order valence-electron chi connectivity index (χ4n) is 7.51. The first-order valence-electron chi connectivity index (χ1n) is 22.8. The summed E-state index contributed by atoms with van der Waals surface area (Å²) < 4.78 is 13.2. The van der Waals surface area contributed by atoms with E-state index in [1.54, 1.807) is 0 Å². The molecule has 4 nitrogen and oxygen atoms in total. The van der Waals surface area contributed by atoms with Crippen LogP contribution in [0.3, 0.4) is 0 Å². The lowest BCUT2D eigenvalue weighted by Gasteiger charge is -2.32. The van der Waals surface area contributed by atoms with Gasteiger partial charge in [0.2, 0.25) is 0 Å². The zero-order valence-electron chi connectivity index (χ0n) is 40.1. The number of aromatic nitrogens is 2. The van der Waals surface area contributed by atoms with E-state index >= 15 is 0 Å². The lowest BCUT2D eigenvalue weighted by molar-refractivity contribution is 0.00578. The second kappa shape index (κ2) is 20.3. The quantitative estimate of drug-likeness (QED) is 0.156. The number of rotatable bonds is 6. The minimum atomic E-state index is -0.277. The largest absolute Gasteiger partial charge is 0.494 e. The molecule has 0 N–H and O–H groups in total. The summed E-state index contributed by atoms with van der Waals surface area (Å²) >= 11 is 3.45. The van der Waals surface area contributed by atoms with Gasteiger partial charge in [0.05, 0.1) is 22.6 Å². The summed E-state index contributed by atoms with van der Waals surface area (Å²) in [5.41, 5.74) is 15.2. The molecule has 66 heavy (non-hydrogen) atoms. The Bertz CT molecular complexity index is 2740. The van der Waals surface area contributed by atoms with Crippen LogP contribution in [0, 0.1) is 0 Å². The van der Waals surface area contributed by atoms with Gasteiger partial charge >= 0.3 is 7.12 Å². The molecule has 1 saturated heterocycles. The van der Waals surface area contributed by atoms with Crippen molar-refractivity contribution in [2.24, 2.45) is 0 Å². The molecule has 0 amide bonds. The summed E-state index contributed by atoms with van der Waals surface area (Å²) in [7, 11) is -0.265. The number of pyridine rings is 2. The lowest BCUT2D eigenvalue weighted by atomic mass is 9.77. The van der Waals surface area contributed by atoms with E-state index in [0.29, 0.717) is 0 Å². The molecule has 9 rings (SSSR count). The number of halogens is 1. The van der Waals surface area contributed by atoms with E-state index in [2.05, 4.69) is 241 Å². The van der Waals surface area contributed by atoms with Crippen molar-refractivity contribution >= 4 is 28.5 Å². The molecular formula is C60H62BBrN2O2. The molecule has 0 aliphatic carbocycles. The van der Waals surface area contributed by atoms with Crippen LogP contribution in [-0.4, -0.2) is 28.3 Å². The van der Waals surface area contributed by atoms with Crippen molar-refractivity contribution in [3.63, 3.8) is 0 Å². The predicted molar refractivity (Wildman–Crippen MR) is 283 cm³/mol. The number of benzene rings is 6. The number of nitrogens with zero attached hydrogens (tertiary/aromatic N) is 2. The first-order valence-corrected chi connectivity index (χ1v) is 23.6. The third-order valence-corrected chi connectivity index (χ3v) is 13.0. The smallest absolute Gasteiger partial charge is 0.399 e. The van der Waals surface area contributed by atoms with Crippen LogP contribution in [0.15, 0.2) is 199 Å². The van der Waals surface area contributed by atoms with Crippen molar-refractivity contribution in [3.05, 3.63) is 210 Å². The number of hydrogen-bond donors (Lipinski definition) is 0. The van der Waals surface area contributed by atoms with Crippen LogP contribution >= 0.6 is 15.9 Å². The van der Waals surface area contributed by atoms with Gasteiger partial charge in [-0.3, -0.25) is 9.97 Å². The van der Waals surface area contributed by atoms with Crippen LogP contribution in [0.1, 0.15) is 80.4 Å². The molecule has 0 unspecified atom stereocenters. The Morgan fingerprint density at radius 1 is 0.379 bits per heavy atom. The van der Waals surface area contributed by atoms with Gasteiger partial charge in [0.1, 0.15) is 0 Å². The Morgan fingerprint density at radius 3 is 0.970 bits per heavy atom. The van der Waals surface area contributed by atoms with Gasteiger partial charge in [-0.2, -0.15) is 0 Å². The fourth-order valence-corrected chi connectivity index (χ4v) is 7.78. The maximum absolute atomic E-state index is 6.05. The van der Waals surface area contributed by atoms with Crippen LogP contribution in [0.4, 0.5) is 0 Å². The van der Waals surface area contributed by atoms with E-state index in [0.717, 1.165) is 32.5 Å². The second-order valence-electron chi connectivity index (χ2n) is 20.0. The summed E-state index contributed by atoms with van der Waals surface area (Å²) in [6.07, 6.45) is 3.65. The van der Waals surface area contributed by atoms with Crippen LogP contribution in [0.5, 0.6) is 0 Å².